The Morgan fingerprint density at radius 3 is 2.52 bits per heavy atom. The van der Waals surface area contributed by atoms with Crippen molar-refractivity contribution in [3.63, 3.8) is 0 Å². The number of aliphatic hydroxyl groups excluding tert-OH is 1. The van der Waals surface area contributed by atoms with E-state index in [2.05, 4.69) is 43.1 Å². The van der Waals surface area contributed by atoms with Crippen LogP contribution in [0.15, 0.2) is 42.1 Å². The summed E-state index contributed by atoms with van der Waals surface area (Å²) in [6.07, 6.45) is 3.10. The largest absolute Gasteiger partial charge is 0.393 e. The molecule has 1 aliphatic rings. The molecule has 140 valence electrons. The number of aliphatic hydroxyl groups is 2. The highest BCUT2D eigenvalue weighted by atomic mass is 28.3. The lowest BCUT2D eigenvalue weighted by Crippen LogP contribution is -2.31. The lowest BCUT2D eigenvalue weighted by Gasteiger charge is -2.23. The molecule has 0 spiro atoms. The maximum Gasteiger partial charge on any atom is 0.0893 e. The maximum atomic E-state index is 10.7. The van der Waals surface area contributed by atoms with E-state index in [-0.39, 0.29) is 24.2 Å². The molecule has 0 amide bonds. The molecular weight excluding hydrogens is 328 g/mol. The zero-order chi connectivity index (χ0) is 18.7. The Morgan fingerprint density at radius 2 is 1.92 bits per heavy atom. The lowest BCUT2D eigenvalue weighted by molar-refractivity contribution is 0.0920. The van der Waals surface area contributed by atoms with Gasteiger partial charge in [0, 0.05) is 12.3 Å². The number of ether oxygens (including phenoxy) is 1. The fourth-order valence-corrected chi connectivity index (χ4v) is 5.65. The van der Waals surface area contributed by atoms with Crippen LogP contribution >= 0.6 is 0 Å². The molecule has 0 unspecified atom stereocenters. The quantitative estimate of drug-likeness (QED) is 0.518. The second-order valence-electron chi connectivity index (χ2n) is 8.52. The number of benzene rings is 1. The Hall–Kier alpha value is -0.943. The van der Waals surface area contributed by atoms with Crippen molar-refractivity contribution < 1.29 is 14.9 Å². The average Bonchev–Trinajstić information content (AvgIpc) is 3.30. The van der Waals surface area contributed by atoms with Crippen molar-refractivity contribution in [3.05, 3.63) is 47.7 Å². The summed E-state index contributed by atoms with van der Waals surface area (Å²) in [4.78, 5) is 0. The molecule has 25 heavy (non-hydrogen) atoms. The number of epoxide rings is 1. The predicted molar refractivity (Wildman–Crippen MR) is 106 cm³/mol. The molecule has 0 saturated carbocycles. The van der Waals surface area contributed by atoms with Gasteiger partial charge in [0.2, 0.25) is 0 Å². The molecule has 1 aliphatic heterocycles. The zero-order valence-corrected chi connectivity index (χ0v) is 17.3. The van der Waals surface area contributed by atoms with Crippen LogP contribution in [0.4, 0.5) is 0 Å². The first-order valence-corrected chi connectivity index (χ1v) is 12.7. The van der Waals surface area contributed by atoms with Crippen LogP contribution < -0.4 is 0 Å². The van der Waals surface area contributed by atoms with Gasteiger partial charge in [-0.2, -0.15) is 0 Å². The summed E-state index contributed by atoms with van der Waals surface area (Å²) >= 11 is 0. The fraction of sp³-hybridized carbons (Fsp3) is 0.619. The van der Waals surface area contributed by atoms with E-state index in [1.807, 2.05) is 32.9 Å². The van der Waals surface area contributed by atoms with Gasteiger partial charge >= 0.3 is 0 Å². The van der Waals surface area contributed by atoms with Crippen molar-refractivity contribution >= 4 is 8.07 Å². The van der Waals surface area contributed by atoms with Crippen LogP contribution in [0, 0.1) is 5.92 Å². The Labute approximate surface area is 153 Å². The third kappa shape index (κ3) is 6.37. The molecule has 1 aromatic rings. The minimum atomic E-state index is -1.57. The van der Waals surface area contributed by atoms with Gasteiger partial charge in [-0.05, 0) is 19.4 Å². The van der Waals surface area contributed by atoms with Crippen molar-refractivity contribution in [1.29, 1.82) is 0 Å². The van der Waals surface area contributed by atoms with Crippen molar-refractivity contribution in [2.24, 2.45) is 5.92 Å². The second-order valence-corrected chi connectivity index (χ2v) is 13.2. The number of rotatable bonds is 9. The standard InChI is InChI=1S/C21H34O3Si/c1-6-18(22)16(2)20-19(24-20)14-21(3,23)12-13-25(4,5)15-17-10-8-7-9-11-17/h7-13,16,18-20,22-23H,6,14-15H2,1-5H3/b13-12+/t16-,18+,19-,20-,21+/m1/s1. The van der Waals surface area contributed by atoms with Gasteiger partial charge in [-0.25, -0.2) is 0 Å². The van der Waals surface area contributed by atoms with Gasteiger partial charge in [0.25, 0.3) is 0 Å². The Morgan fingerprint density at radius 1 is 1.28 bits per heavy atom. The minimum Gasteiger partial charge on any atom is -0.393 e. The number of hydrogen-bond donors (Lipinski definition) is 2. The summed E-state index contributed by atoms with van der Waals surface area (Å²) < 4.78 is 5.72. The first kappa shape index (κ1) is 20.4. The van der Waals surface area contributed by atoms with Gasteiger partial charge in [0.05, 0.1) is 32.0 Å². The molecule has 2 N–H and O–H groups in total. The highest BCUT2D eigenvalue weighted by molar-refractivity contribution is 6.81. The van der Waals surface area contributed by atoms with Crippen LogP contribution in [0.5, 0.6) is 0 Å². The first-order chi connectivity index (χ1) is 11.6. The molecule has 0 radical (unpaired) electrons. The summed E-state index contributed by atoms with van der Waals surface area (Å²) in [7, 11) is -1.57. The predicted octanol–water partition coefficient (Wildman–Crippen LogP) is 3.89. The van der Waals surface area contributed by atoms with Crippen LogP contribution in [0.25, 0.3) is 0 Å². The van der Waals surface area contributed by atoms with Gasteiger partial charge in [-0.1, -0.05) is 74.6 Å². The smallest absolute Gasteiger partial charge is 0.0893 e. The summed E-state index contributed by atoms with van der Waals surface area (Å²) in [5, 5.41) is 20.7. The van der Waals surface area contributed by atoms with E-state index in [1.165, 1.54) is 5.56 Å². The third-order valence-electron chi connectivity index (χ3n) is 5.18. The molecule has 1 heterocycles. The van der Waals surface area contributed by atoms with Gasteiger partial charge in [0.1, 0.15) is 0 Å². The van der Waals surface area contributed by atoms with Gasteiger partial charge in [0.15, 0.2) is 0 Å². The van der Waals surface area contributed by atoms with E-state index in [0.29, 0.717) is 6.42 Å². The van der Waals surface area contributed by atoms with E-state index < -0.39 is 13.7 Å². The average molecular weight is 363 g/mol. The summed E-state index contributed by atoms with van der Waals surface area (Å²) in [5.41, 5.74) is 2.75. The van der Waals surface area contributed by atoms with Crippen molar-refractivity contribution in [2.75, 3.05) is 0 Å². The van der Waals surface area contributed by atoms with E-state index in [4.69, 9.17) is 4.74 Å². The van der Waals surface area contributed by atoms with E-state index in [9.17, 15) is 10.2 Å². The maximum absolute atomic E-state index is 10.7. The molecular formula is C21H34O3Si. The SMILES string of the molecule is CC[C@H](O)[C@@H](C)[C@H]1O[C@@H]1C[C@@](C)(O)/C=C/[Si](C)(C)Cc1ccccc1. The van der Waals surface area contributed by atoms with E-state index in [1.54, 1.807) is 0 Å². The second kappa shape index (κ2) is 8.17. The van der Waals surface area contributed by atoms with Gasteiger partial charge in [-0.15, -0.1) is 0 Å². The Balaban J connectivity index is 1.89. The molecule has 5 atom stereocenters. The van der Waals surface area contributed by atoms with Crippen molar-refractivity contribution in [2.45, 2.75) is 76.7 Å². The molecule has 1 fully saturated rings. The van der Waals surface area contributed by atoms with Crippen LogP contribution in [-0.4, -0.2) is 42.2 Å². The summed E-state index contributed by atoms with van der Waals surface area (Å²) in [5.74, 6) is 0.124. The molecule has 1 aromatic carbocycles. The number of hydrogen-bond acceptors (Lipinski definition) is 3. The molecule has 4 heteroatoms. The lowest BCUT2D eigenvalue weighted by atomic mass is 9.92. The Bertz CT molecular complexity index is 568. The molecule has 3 nitrogen and oxygen atoms in total. The molecule has 2 rings (SSSR count). The van der Waals surface area contributed by atoms with Gasteiger partial charge in [-0.3, -0.25) is 0 Å². The first-order valence-electron chi connectivity index (χ1n) is 9.44. The highest BCUT2D eigenvalue weighted by Gasteiger charge is 2.47. The summed E-state index contributed by atoms with van der Waals surface area (Å²) in [6, 6.07) is 11.6. The molecule has 0 aliphatic carbocycles. The van der Waals surface area contributed by atoms with Crippen LogP contribution in [0.2, 0.25) is 13.1 Å². The molecule has 0 aromatic heterocycles. The van der Waals surface area contributed by atoms with Crippen LogP contribution in [-0.2, 0) is 10.8 Å². The summed E-state index contributed by atoms with van der Waals surface area (Å²) in [6.45, 7) is 10.5. The third-order valence-corrected chi connectivity index (χ3v) is 7.56. The zero-order valence-electron chi connectivity index (χ0n) is 16.3. The van der Waals surface area contributed by atoms with E-state index in [0.717, 1.165) is 12.5 Å². The highest BCUT2D eigenvalue weighted by Crippen LogP contribution is 2.37. The normalized spacial score (nSPS) is 25.6. The molecule has 0 bridgehead atoms. The topological polar surface area (TPSA) is 53.0 Å². The van der Waals surface area contributed by atoms with Gasteiger partial charge < -0.3 is 14.9 Å². The van der Waals surface area contributed by atoms with Crippen molar-refractivity contribution in [3.8, 4) is 0 Å². The van der Waals surface area contributed by atoms with Crippen LogP contribution in [0.1, 0.15) is 39.2 Å². The van der Waals surface area contributed by atoms with E-state index >= 15 is 0 Å². The monoisotopic (exact) mass is 362 g/mol. The molecule has 1 saturated heterocycles. The Kier molecular flexibility index (Phi) is 6.66. The fourth-order valence-electron chi connectivity index (χ4n) is 3.44. The minimum absolute atomic E-state index is 0.0507. The van der Waals surface area contributed by atoms with Crippen molar-refractivity contribution in [1.82, 2.24) is 0 Å². The van der Waals surface area contributed by atoms with Crippen LogP contribution in [0.3, 0.4) is 0 Å².